The molecule has 2 aliphatic rings. The zero-order valence-corrected chi connectivity index (χ0v) is 15.5. The number of likely N-dealkylation sites (tertiary alicyclic amines) is 1. The smallest absolute Gasteiger partial charge is 0.119 e. The average Bonchev–Trinajstić information content (AvgIpc) is 3.34. The summed E-state index contributed by atoms with van der Waals surface area (Å²) in [6.45, 7) is 4.39. The lowest BCUT2D eigenvalue weighted by Gasteiger charge is -2.15. The van der Waals surface area contributed by atoms with E-state index in [2.05, 4.69) is 46.6 Å². The third kappa shape index (κ3) is 4.09. The second-order valence-electron chi connectivity index (χ2n) is 7.61. The maximum Gasteiger partial charge on any atom is 0.119 e. The van der Waals surface area contributed by atoms with Crippen LogP contribution in [0.3, 0.4) is 0 Å². The van der Waals surface area contributed by atoms with E-state index in [1.54, 1.807) is 7.11 Å². The van der Waals surface area contributed by atoms with Crippen molar-refractivity contribution in [2.75, 3.05) is 33.3 Å². The highest BCUT2D eigenvalue weighted by Crippen LogP contribution is 2.41. The highest BCUT2D eigenvalue weighted by molar-refractivity contribution is 5.65. The average molecular weight is 351 g/mol. The molecule has 0 amide bonds. The van der Waals surface area contributed by atoms with Crippen molar-refractivity contribution in [3.8, 4) is 16.9 Å². The summed E-state index contributed by atoms with van der Waals surface area (Å²) in [5, 5.41) is 3.71. The summed E-state index contributed by atoms with van der Waals surface area (Å²) in [6.07, 6.45) is 2.39. The van der Waals surface area contributed by atoms with Gasteiger partial charge in [-0.15, -0.1) is 0 Å². The first-order chi connectivity index (χ1) is 12.7. The van der Waals surface area contributed by atoms with E-state index in [1.807, 2.05) is 12.1 Å². The molecule has 4 heteroatoms. The van der Waals surface area contributed by atoms with Gasteiger partial charge in [0.25, 0.3) is 0 Å². The van der Waals surface area contributed by atoms with E-state index in [9.17, 15) is 0 Å². The van der Waals surface area contributed by atoms with Gasteiger partial charge in [0.15, 0.2) is 0 Å². The predicted octanol–water partition coefficient (Wildman–Crippen LogP) is 2.84. The molecule has 0 spiro atoms. The van der Waals surface area contributed by atoms with E-state index in [0.29, 0.717) is 18.0 Å². The Morgan fingerprint density at radius 2 is 2.00 bits per heavy atom. The van der Waals surface area contributed by atoms with Gasteiger partial charge in [-0.05, 0) is 48.2 Å². The molecule has 3 unspecified atom stereocenters. The van der Waals surface area contributed by atoms with Crippen LogP contribution in [0.2, 0.25) is 0 Å². The second-order valence-corrected chi connectivity index (χ2v) is 7.61. The minimum absolute atomic E-state index is 0.381. The van der Waals surface area contributed by atoms with Crippen molar-refractivity contribution in [2.45, 2.75) is 30.8 Å². The summed E-state index contributed by atoms with van der Waals surface area (Å²) < 4.78 is 5.32. The van der Waals surface area contributed by atoms with Crippen LogP contribution in [0.15, 0.2) is 48.5 Å². The van der Waals surface area contributed by atoms with Crippen LogP contribution in [0.5, 0.6) is 5.75 Å². The predicted molar refractivity (Wildman–Crippen MR) is 107 cm³/mol. The Labute approximate surface area is 156 Å². The highest BCUT2D eigenvalue weighted by atomic mass is 16.5. The number of hydrogen-bond acceptors (Lipinski definition) is 4. The lowest BCUT2D eigenvalue weighted by Crippen LogP contribution is -2.33. The summed E-state index contributed by atoms with van der Waals surface area (Å²) >= 11 is 0. The van der Waals surface area contributed by atoms with Crippen LogP contribution in [0.1, 0.15) is 24.3 Å². The third-order valence-corrected chi connectivity index (χ3v) is 5.68. The van der Waals surface area contributed by atoms with Crippen molar-refractivity contribution in [2.24, 2.45) is 5.73 Å². The molecule has 0 radical (unpaired) electrons. The number of nitrogens with zero attached hydrogens (tertiary/aromatic N) is 1. The summed E-state index contributed by atoms with van der Waals surface area (Å²) in [4.78, 5) is 2.47. The molecule has 1 saturated carbocycles. The molecule has 3 N–H and O–H groups in total. The minimum atomic E-state index is 0.381. The Morgan fingerprint density at radius 3 is 2.73 bits per heavy atom. The lowest BCUT2D eigenvalue weighted by molar-refractivity contribution is 0.331. The van der Waals surface area contributed by atoms with Crippen molar-refractivity contribution in [1.29, 1.82) is 0 Å². The Hall–Kier alpha value is -1.88. The molecule has 4 nitrogen and oxygen atoms in total. The first-order valence-electron chi connectivity index (χ1n) is 9.68. The Morgan fingerprint density at radius 1 is 1.15 bits per heavy atom. The van der Waals surface area contributed by atoms with Crippen LogP contribution < -0.4 is 15.8 Å². The van der Waals surface area contributed by atoms with Gasteiger partial charge in [-0.25, -0.2) is 0 Å². The fourth-order valence-corrected chi connectivity index (χ4v) is 3.99. The van der Waals surface area contributed by atoms with Crippen molar-refractivity contribution in [3.05, 3.63) is 54.1 Å². The van der Waals surface area contributed by atoms with Gasteiger partial charge in [-0.2, -0.15) is 0 Å². The number of nitrogens with one attached hydrogen (secondary N) is 1. The van der Waals surface area contributed by atoms with E-state index in [4.69, 9.17) is 10.5 Å². The Bertz CT molecular complexity index is 730. The standard InChI is InChI=1S/C22H29N3O/c1-26-20-4-2-3-18(13-20)16-5-7-17(8-6-16)21-14-22(21)24-10-12-25-11-9-19(23)15-25/h2-8,13,19,21-22,24H,9-12,14-15,23H2,1H3. The molecule has 1 aliphatic carbocycles. The zero-order chi connectivity index (χ0) is 17.9. The molecule has 1 aliphatic heterocycles. The quantitative estimate of drug-likeness (QED) is 0.805. The summed E-state index contributed by atoms with van der Waals surface area (Å²) in [7, 11) is 1.71. The topological polar surface area (TPSA) is 50.5 Å². The molecule has 1 saturated heterocycles. The number of rotatable bonds is 7. The van der Waals surface area contributed by atoms with Gasteiger partial charge in [0, 0.05) is 37.6 Å². The summed E-state index contributed by atoms with van der Waals surface area (Å²) in [6, 6.07) is 18.3. The number of ether oxygens (including phenoxy) is 1. The maximum atomic E-state index is 5.97. The second kappa shape index (κ2) is 7.78. The molecular formula is C22H29N3O. The van der Waals surface area contributed by atoms with Gasteiger partial charge in [0.1, 0.15) is 5.75 Å². The van der Waals surface area contributed by atoms with Crippen molar-refractivity contribution < 1.29 is 4.74 Å². The molecule has 138 valence electrons. The van der Waals surface area contributed by atoms with Crippen LogP contribution in [0.25, 0.3) is 11.1 Å². The van der Waals surface area contributed by atoms with Gasteiger partial charge in [0.05, 0.1) is 7.11 Å². The van der Waals surface area contributed by atoms with Crippen LogP contribution in [-0.4, -0.2) is 50.3 Å². The number of hydrogen-bond donors (Lipinski definition) is 2. The van der Waals surface area contributed by atoms with Crippen LogP contribution in [0, 0.1) is 0 Å². The molecule has 26 heavy (non-hydrogen) atoms. The first kappa shape index (κ1) is 17.5. The van der Waals surface area contributed by atoms with Crippen LogP contribution >= 0.6 is 0 Å². The Kier molecular flexibility index (Phi) is 5.25. The summed E-state index contributed by atoms with van der Waals surface area (Å²) in [5.74, 6) is 1.56. The van der Waals surface area contributed by atoms with Gasteiger partial charge in [-0.3, -0.25) is 0 Å². The molecule has 0 aromatic heterocycles. The van der Waals surface area contributed by atoms with Gasteiger partial charge in [0.2, 0.25) is 0 Å². The van der Waals surface area contributed by atoms with Gasteiger partial charge in [-0.1, -0.05) is 36.4 Å². The SMILES string of the molecule is COc1cccc(-c2ccc(C3CC3NCCN3CCC(N)C3)cc2)c1. The zero-order valence-electron chi connectivity index (χ0n) is 15.5. The molecule has 3 atom stereocenters. The molecule has 2 fully saturated rings. The molecule has 4 rings (SSSR count). The van der Waals surface area contributed by atoms with Gasteiger partial charge < -0.3 is 20.7 Å². The van der Waals surface area contributed by atoms with Crippen molar-refractivity contribution in [3.63, 3.8) is 0 Å². The summed E-state index contributed by atoms with van der Waals surface area (Å²) in [5.41, 5.74) is 9.85. The van der Waals surface area contributed by atoms with Crippen LogP contribution in [-0.2, 0) is 0 Å². The Balaban J connectivity index is 1.28. The van der Waals surface area contributed by atoms with E-state index in [-0.39, 0.29) is 0 Å². The van der Waals surface area contributed by atoms with E-state index in [1.165, 1.54) is 23.1 Å². The van der Waals surface area contributed by atoms with Crippen molar-refractivity contribution >= 4 is 0 Å². The fraction of sp³-hybridized carbons (Fsp3) is 0.455. The van der Waals surface area contributed by atoms with Crippen LogP contribution in [0.4, 0.5) is 0 Å². The monoisotopic (exact) mass is 351 g/mol. The normalized spacial score (nSPS) is 25.4. The lowest BCUT2D eigenvalue weighted by atomic mass is 10.0. The van der Waals surface area contributed by atoms with E-state index >= 15 is 0 Å². The molecule has 2 aromatic carbocycles. The molecule has 1 heterocycles. The van der Waals surface area contributed by atoms with E-state index in [0.717, 1.165) is 38.3 Å². The first-order valence-corrected chi connectivity index (χ1v) is 9.68. The largest absolute Gasteiger partial charge is 0.497 e. The maximum absolute atomic E-state index is 5.97. The third-order valence-electron chi connectivity index (χ3n) is 5.68. The highest BCUT2D eigenvalue weighted by Gasteiger charge is 2.37. The minimum Gasteiger partial charge on any atom is -0.497 e. The number of benzene rings is 2. The molecular weight excluding hydrogens is 322 g/mol. The van der Waals surface area contributed by atoms with Gasteiger partial charge >= 0.3 is 0 Å². The number of nitrogens with two attached hydrogens (primary N) is 1. The van der Waals surface area contributed by atoms with Crippen molar-refractivity contribution in [1.82, 2.24) is 10.2 Å². The molecule has 2 aromatic rings. The van der Waals surface area contributed by atoms with E-state index < -0.39 is 0 Å². The fourth-order valence-electron chi connectivity index (χ4n) is 3.99. The molecule has 0 bridgehead atoms. The number of methoxy groups -OCH3 is 1.